The second-order valence-electron chi connectivity index (χ2n) is 10.4. The molecule has 0 radical (unpaired) electrons. The lowest BCUT2D eigenvalue weighted by molar-refractivity contribution is -0.114. The monoisotopic (exact) mass is 611 g/mol. The highest BCUT2D eigenvalue weighted by molar-refractivity contribution is 8.00. The van der Waals surface area contributed by atoms with E-state index in [1.807, 2.05) is 105 Å². The SMILES string of the molecule is Cc1cccc(NC(=O)CSc2cccc(NC(=O)/C(=C\c3ccc(-c4ccccc4)cc3)NC(=O)c3ccccc3)c2)c1C. The maximum absolute atomic E-state index is 13.5. The van der Waals surface area contributed by atoms with Crippen molar-refractivity contribution < 1.29 is 14.4 Å². The number of benzene rings is 5. The summed E-state index contributed by atoms with van der Waals surface area (Å²) in [4.78, 5) is 40.1. The molecular weight excluding hydrogens is 579 g/mol. The molecule has 5 aromatic rings. The number of carbonyl (C=O) groups excluding carboxylic acids is 3. The van der Waals surface area contributed by atoms with E-state index in [0.717, 1.165) is 38.4 Å². The molecule has 0 aliphatic rings. The summed E-state index contributed by atoms with van der Waals surface area (Å²) in [6.07, 6.45) is 1.65. The van der Waals surface area contributed by atoms with Crippen LogP contribution in [0.2, 0.25) is 0 Å². The van der Waals surface area contributed by atoms with Gasteiger partial charge in [0.25, 0.3) is 11.8 Å². The quantitative estimate of drug-likeness (QED) is 0.110. The molecule has 0 heterocycles. The molecular formula is C38H33N3O3S. The van der Waals surface area contributed by atoms with Gasteiger partial charge in [-0.25, -0.2) is 0 Å². The van der Waals surface area contributed by atoms with E-state index in [1.54, 1.807) is 42.5 Å². The Morgan fingerprint density at radius 3 is 2.09 bits per heavy atom. The average Bonchev–Trinajstić information content (AvgIpc) is 3.07. The fraction of sp³-hybridized carbons (Fsp3) is 0.0789. The minimum Gasteiger partial charge on any atom is -0.325 e. The molecule has 3 N–H and O–H groups in total. The predicted molar refractivity (Wildman–Crippen MR) is 184 cm³/mol. The number of thioether (sulfide) groups is 1. The van der Waals surface area contributed by atoms with Crippen LogP contribution in [0, 0.1) is 13.8 Å². The van der Waals surface area contributed by atoms with Crippen LogP contribution in [0.4, 0.5) is 11.4 Å². The third-order valence-corrected chi connectivity index (χ3v) is 8.19. The molecule has 0 spiro atoms. The summed E-state index contributed by atoms with van der Waals surface area (Å²) >= 11 is 1.37. The number of carbonyl (C=O) groups is 3. The Morgan fingerprint density at radius 1 is 0.689 bits per heavy atom. The van der Waals surface area contributed by atoms with Crippen molar-refractivity contribution in [3.8, 4) is 11.1 Å². The lowest BCUT2D eigenvalue weighted by Crippen LogP contribution is -2.30. The van der Waals surface area contributed by atoms with E-state index < -0.39 is 11.8 Å². The zero-order valence-corrected chi connectivity index (χ0v) is 25.9. The van der Waals surface area contributed by atoms with Crippen LogP contribution in [0.3, 0.4) is 0 Å². The number of hydrogen-bond acceptors (Lipinski definition) is 4. The maximum Gasteiger partial charge on any atom is 0.272 e. The Morgan fingerprint density at radius 2 is 1.36 bits per heavy atom. The lowest BCUT2D eigenvalue weighted by atomic mass is 10.0. The molecule has 224 valence electrons. The molecule has 45 heavy (non-hydrogen) atoms. The molecule has 0 aliphatic heterocycles. The predicted octanol–water partition coefficient (Wildman–Crippen LogP) is 8.11. The zero-order valence-electron chi connectivity index (χ0n) is 25.0. The van der Waals surface area contributed by atoms with Crippen LogP contribution in [0.5, 0.6) is 0 Å². The van der Waals surface area contributed by atoms with Gasteiger partial charge in [0.15, 0.2) is 0 Å². The summed E-state index contributed by atoms with van der Waals surface area (Å²) in [5.41, 5.74) is 6.92. The van der Waals surface area contributed by atoms with Gasteiger partial charge in [-0.2, -0.15) is 0 Å². The van der Waals surface area contributed by atoms with E-state index in [4.69, 9.17) is 0 Å². The summed E-state index contributed by atoms with van der Waals surface area (Å²) in [7, 11) is 0. The number of hydrogen-bond donors (Lipinski definition) is 3. The van der Waals surface area contributed by atoms with Crippen LogP contribution in [-0.4, -0.2) is 23.5 Å². The van der Waals surface area contributed by atoms with Crippen molar-refractivity contribution in [3.05, 3.63) is 155 Å². The van der Waals surface area contributed by atoms with Gasteiger partial charge in [-0.3, -0.25) is 14.4 Å². The third kappa shape index (κ3) is 8.59. The number of amides is 3. The summed E-state index contributed by atoms with van der Waals surface area (Å²) in [5, 5.41) is 8.66. The molecule has 3 amide bonds. The van der Waals surface area contributed by atoms with Gasteiger partial charge >= 0.3 is 0 Å². The van der Waals surface area contributed by atoms with Crippen molar-refractivity contribution in [2.75, 3.05) is 16.4 Å². The minimum absolute atomic E-state index is 0.0993. The third-order valence-electron chi connectivity index (χ3n) is 7.20. The summed E-state index contributed by atoms with van der Waals surface area (Å²) in [6, 6.07) is 39.6. The molecule has 0 bridgehead atoms. The van der Waals surface area contributed by atoms with Gasteiger partial charge in [0.2, 0.25) is 5.91 Å². The van der Waals surface area contributed by atoms with Crippen molar-refractivity contribution in [3.63, 3.8) is 0 Å². The Labute approximate surface area is 267 Å². The lowest BCUT2D eigenvalue weighted by Gasteiger charge is -2.13. The van der Waals surface area contributed by atoms with Gasteiger partial charge in [0.05, 0.1) is 5.75 Å². The first-order valence-electron chi connectivity index (χ1n) is 14.5. The van der Waals surface area contributed by atoms with Crippen LogP contribution >= 0.6 is 11.8 Å². The second-order valence-corrected chi connectivity index (χ2v) is 11.5. The summed E-state index contributed by atoms with van der Waals surface area (Å²) in [6.45, 7) is 3.99. The largest absolute Gasteiger partial charge is 0.325 e. The van der Waals surface area contributed by atoms with Crippen molar-refractivity contribution in [1.29, 1.82) is 0 Å². The van der Waals surface area contributed by atoms with Gasteiger partial charge < -0.3 is 16.0 Å². The van der Waals surface area contributed by atoms with Crippen molar-refractivity contribution in [2.24, 2.45) is 0 Å². The molecule has 0 aliphatic carbocycles. The first kappa shape index (κ1) is 31.0. The molecule has 0 fully saturated rings. The number of anilines is 2. The van der Waals surface area contributed by atoms with Gasteiger partial charge in [-0.1, -0.05) is 91.0 Å². The first-order valence-corrected chi connectivity index (χ1v) is 15.5. The van der Waals surface area contributed by atoms with Crippen molar-refractivity contribution in [1.82, 2.24) is 5.32 Å². The highest BCUT2D eigenvalue weighted by Crippen LogP contribution is 2.24. The van der Waals surface area contributed by atoms with Gasteiger partial charge in [0, 0.05) is 21.8 Å². The topological polar surface area (TPSA) is 87.3 Å². The first-order chi connectivity index (χ1) is 21.9. The zero-order chi connectivity index (χ0) is 31.6. The highest BCUT2D eigenvalue weighted by Gasteiger charge is 2.16. The molecule has 0 aromatic heterocycles. The van der Waals surface area contributed by atoms with E-state index in [-0.39, 0.29) is 17.4 Å². The fourth-order valence-corrected chi connectivity index (χ4v) is 5.35. The Hall–Kier alpha value is -5.40. The Kier molecular flexibility index (Phi) is 10.2. The second kappa shape index (κ2) is 14.9. The summed E-state index contributed by atoms with van der Waals surface area (Å²) < 4.78 is 0. The Balaban J connectivity index is 1.30. The molecule has 0 atom stereocenters. The summed E-state index contributed by atoms with van der Waals surface area (Å²) in [5.74, 6) is -0.768. The van der Waals surface area contributed by atoms with Crippen LogP contribution in [-0.2, 0) is 9.59 Å². The van der Waals surface area contributed by atoms with Gasteiger partial charge in [-0.05, 0) is 84.1 Å². The standard InChI is InChI=1S/C38H33N3O3S/c1-26-11-9-18-34(27(26)2)40-36(42)25-45-33-17-10-16-32(24-33)39-38(44)35(41-37(43)31-14-7-4-8-15-31)23-28-19-21-30(22-20-28)29-12-5-3-6-13-29/h3-24H,25H2,1-2H3,(H,39,44)(H,40,42)(H,41,43)/b35-23+. The van der Waals surface area contributed by atoms with Crippen molar-refractivity contribution in [2.45, 2.75) is 18.7 Å². The number of aryl methyl sites for hydroxylation is 1. The molecule has 5 rings (SSSR count). The van der Waals surface area contributed by atoms with Gasteiger partial charge in [0.1, 0.15) is 5.70 Å². The molecule has 0 unspecified atom stereocenters. The van der Waals surface area contributed by atoms with Crippen LogP contribution in [0.1, 0.15) is 27.0 Å². The van der Waals surface area contributed by atoms with E-state index >= 15 is 0 Å². The number of rotatable bonds is 10. The van der Waals surface area contributed by atoms with Crippen LogP contribution in [0.25, 0.3) is 17.2 Å². The molecule has 6 nitrogen and oxygen atoms in total. The minimum atomic E-state index is -0.471. The number of nitrogens with one attached hydrogen (secondary N) is 3. The van der Waals surface area contributed by atoms with E-state index in [9.17, 15) is 14.4 Å². The van der Waals surface area contributed by atoms with Crippen LogP contribution in [0.15, 0.2) is 138 Å². The Bertz CT molecular complexity index is 1840. The maximum atomic E-state index is 13.5. The normalized spacial score (nSPS) is 11.0. The van der Waals surface area contributed by atoms with E-state index in [1.165, 1.54) is 11.8 Å². The molecule has 0 saturated carbocycles. The highest BCUT2D eigenvalue weighted by atomic mass is 32.2. The van der Waals surface area contributed by atoms with Crippen molar-refractivity contribution >= 4 is 46.9 Å². The molecule has 7 heteroatoms. The van der Waals surface area contributed by atoms with E-state index in [0.29, 0.717) is 11.3 Å². The van der Waals surface area contributed by atoms with Crippen LogP contribution < -0.4 is 16.0 Å². The molecule has 5 aromatic carbocycles. The average molecular weight is 612 g/mol. The fourth-order valence-electron chi connectivity index (χ4n) is 4.60. The van der Waals surface area contributed by atoms with E-state index in [2.05, 4.69) is 16.0 Å². The smallest absolute Gasteiger partial charge is 0.272 e. The van der Waals surface area contributed by atoms with Gasteiger partial charge in [-0.15, -0.1) is 11.8 Å². The molecule has 0 saturated heterocycles.